The van der Waals surface area contributed by atoms with Crippen LogP contribution in [0.25, 0.3) is 16.9 Å². The van der Waals surface area contributed by atoms with Crippen molar-refractivity contribution in [2.24, 2.45) is 0 Å². The summed E-state index contributed by atoms with van der Waals surface area (Å²) in [5, 5.41) is 20.0. The Morgan fingerprint density at radius 1 is 0.960 bits per heavy atom. The average molecular weight is 349 g/mol. The molecule has 0 aliphatic rings. The highest BCUT2D eigenvalue weighted by molar-refractivity contribution is 5.69. The molecule has 3 rings (SSSR count). The molecule has 4 nitrogen and oxygen atoms in total. The molecule has 130 valence electrons. The van der Waals surface area contributed by atoms with Crippen molar-refractivity contribution in [3.8, 4) is 34.3 Å². The number of hydrogen-bond acceptors (Lipinski definition) is 3. The van der Waals surface area contributed by atoms with Crippen molar-refractivity contribution < 1.29 is 28.1 Å². The van der Waals surface area contributed by atoms with E-state index in [0.29, 0.717) is 11.4 Å². The Balaban J connectivity index is 2.05. The van der Waals surface area contributed by atoms with Gasteiger partial charge in [0, 0.05) is 11.8 Å². The van der Waals surface area contributed by atoms with Crippen LogP contribution in [0.5, 0.6) is 17.4 Å². The fourth-order valence-corrected chi connectivity index (χ4v) is 2.56. The molecule has 0 bridgehead atoms. The summed E-state index contributed by atoms with van der Waals surface area (Å²) in [7, 11) is 0. The van der Waals surface area contributed by atoms with E-state index >= 15 is 0 Å². The molecule has 7 heteroatoms. The molecule has 1 heterocycles. The van der Waals surface area contributed by atoms with Gasteiger partial charge in [0.05, 0.1) is 5.69 Å². The number of hydrogen-bond donors (Lipinski definition) is 2. The monoisotopic (exact) mass is 349 g/mol. The summed E-state index contributed by atoms with van der Waals surface area (Å²) >= 11 is 0. The number of benzene rings is 2. The molecule has 3 aromatic rings. The Kier molecular flexibility index (Phi) is 4.08. The molecule has 25 heavy (non-hydrogen) atoms. The van der Waals surface area contributed by atoms with E-state index < -0.39 is 12.2 Å². The lowest BCUT2D eigenvalue weighted by atomic mass is 10.1. The van der Waals surface area contributed by atoms with Gasteiger partial charge in [-0.1, -0.05) is 23.8 Å². The third-order valence-corrected chi connectivity index (χ3v) is 3.60. The quantitative estimate of drug-likeness (QED) is 0.717. The smallest absolute Gasteiger partial charge is 0.503 e. The van der Waals surface area contributed by atoms with E-state index in [-0.39, 0.29) is 11.5 Å². The first kappa shape index (κ1) is 16.8. The molecule has 0 unspecified atom stereocenters. The number of aromatic nitrogens is 1. The van der Waals surface area contributed by atoms with Crippen LogP contribution in [-0.2, 0) is 0 Å². The molecule has 0 aliphatic heterocycles. The Hall–Kier alpha value is -3.09. The van der Waals surface area contributed by atoms with Crippen LogP contribution >= 0.6 is 0 Å². The molecule has 2 aromatic carbocycles. The molecule has 2 N–H and O–H groups in total. The van der Waals surface area contributed by atoms with Gasteiger partial charge in [-0.2, -0.15) is 0 Å². The van der Waals surface area contributed by atoms with E-state index in [1.807, 2.05) is 25.1 Å². The van der Waals surface area contributed by atoms with Gasteiger partial charge in [-0.3, -0.25) is 4.57 Å². The van der Waals surface area contributed by atoms with E-state index in [9.17, 15) is 23.4 Å². The van der Waals surface area contributed by atoms with Gasteiger partial charge in [0.1, 0.15) is 5.75 Å². The first-order valence-electron chi connectivity index (χ1n) is 7.31. The van der Waals surface area contributed by atoms with E-state index in [4.69, 9.17) is 0 Å². The number of nitrogens with zero attached hydrogens (tertiary/aromatic N) is 1. The fraction of sp³-hybridized carbons (Fsp3) is 0.111. The van der Waals surface area contributed by atoms with Crippen molar-refractivity contribution in [2.75, 3.05) is 0 Å². The molecule has 0 atom stereocenters. The van der Waals surface area contributed by atoms with Crippen molar-refractivity contribution in [1.82, 2.24) is 4.57 Å². The van der Waals surface area contributed by atoms with Crippen LogP contribution in [-0.4, -0.2) is 21.1 Å². The molecule has 0 radical (unpaired) electrons. The maximum Gasteiger partial charge on any atom is 0.573 e. The minimum absolute atomic E-state index is 0.327. The van der Waals surface area contributed by atoms with Crippen molar-refractivity contribution >= 4 is 0 Å². The van der Waals surface area contributed by atoms with Crippen LogP contribution in [0.3, 0.4) is 0 Å². The van der Waals surface area contributed by atoms with Crippen LogP contribution in [0.1, 0.15) is 5.56 Å². The molecular formula is C18H14F3NO3. The zero-order valence-corrected chi connectivity index (χ0v) is 13.1. The number of rotatable bonds is 3. The molecule has 0 aliphatic carbocycles. The summed E-state index contributed by atoms with van der Waals surface area (Å²) in [6.45, 7) is 1.90. The highest BCUT2D eigenvalue weighted by Gasteiger charge is 2.31. The lowest BCUT2D eigenvalue weighted by Gasteiger charge is -2.13. The third-order valence-electron chi connectivity index (χ3n) is 3.60. The van der Waals surface area contributed by atoms with Crippen molar-refractivity contribution in [3.63, 3.8) is 0 Å². The van der Waals surface area contributed by atoms with Gasteiger partial charge in [-0.15, -0.1) is 13.2 Å². The summed E-state index contributed by atoms with van der Waals surface area (Å²) in [6.07, 6.45) is -4.78. The highest BCUT2D eigenvalue weighted by Crippen LogP contribution is 2.38. The number of aryl methyl sites for hydroxylation is 1. The topological polar surface area (TPSA) is 54.6 Å². The van der Waals surface area contributed by atoms with Crippen molar-refractivity contribution in [3.05, 3.63) is 60.2 Å². The maximum atomic E-state index is 12.3. The maximum absolute atomic E-state index is 12.3. The normalized spacial score (nSPS) is 11.5. The lowest BCUT2D eigenvalue weighted by molar-refractivity contribution is -0.274. The molecule has 0 saturated heterocycles. The van der Waals surface area contributed by atoms with Crippen molar-refractivity contribution in [1.29, 1.82) is 0 Å². The Labute approximate surface area is 141 Å². The van der Waals surface area contributed by atoms with Crippen molar-refractivity contribution in [2.45, 2.75) is 13.3 Å². The Morgan fingerprint density at radius 2 is 1.64 bits per heavy atom. The highest BCUT2D eigenvalue weighted by atomic mass is 19.4. The standard InChI is InChI=1S/C18H14F3NO3/c1-11-3-2-4-12(9-11)15-10-16(23)17(24)22(15)13-5-7-14(8-6-13)25-18(19,20)21/h2-10,23-24H,1H3. The Morgan fingerprint density at radius 3 is 2.24 bits per heavy atom. The molecule has 0 amide bonds. The van der Waals surface area contributed by atoms with E-state index in [1.54, 1.807) is 6.07 Å². The summed E-state index contributed by atoms with van der Waals surface area (Å²) in [6, 6.07) is 13.8. The zero-order valence-electron chi connectivity index (χ0n) is 13.1. The number of ether oxygens (including phenoxy) is 1. The predicted octanol–water partition coefficient (Wildman–Crippen LogP) is 4.76. The van der Waals surface area contributed by atoms with Crippen LogP contribution in [0, 0.1) is 6.92 Å². The second-order valence-electron chi connectivity index (χ2n) is 5.49. The molecule has 0 fully saturated rings. The summed E-state index contributed by atoms with van der Waals surface area (Å²) in [5.74, 6) is -1.10. The van der Waals surface area contributed by atoms with Crippen LogP contribution in [0.4, 0.5) is 13.2 Å². The van der Waals surface area contributed by atoms with E-state index in [1.165, 1.54) is 22.8 Å². The second kappa shape index (κ2) is 6.08. The predicted molar refractivity (Wildman–Crippen MR) is 86.0 cm³/mol. The van der Waals surface area contributed by atoms with E-state index in [0.717, 1.165) is 23.3 Å². The molecule has 0 saturated carbocycles. The van der Waals surface area contributed by atoms with Gasteiger partial charge < -0.3 is 14.9 Å². The first-order chi connectivity index (χ1) is 11.7. The van der Waals surface area contributed by atoms with Crippen LogP contribution in [0.15, 0.2) is 54.6 Å². The summed E-state index contributed by atoms with van der Waals surface area (Å²) in [4.78, 5) is 0. The fourth-order valence-electron chi connectivity index (χ4n) is 2.56. The molecule has 1 aromatic heterocycles. The lowest BCUT2D eigenvalue weighted by Crippen LogP contribution is -2.17. The minimum Gasteiger partial charge on any atom is -0.503 e. The van der Waals surface area contributed by atoms with Crippen LogP contribution < -0.4 is 4.74 Å². The SMILES string of the molecule is Cc1cccc(-c2cc(O)c(O)n2-c2ccc(OC(F)(F)F)cc2)c1. The summed E-state index contributed by atoms with van der Waals surface area (Å²) in [5.41, 5.74) is 2.61. The second-order valence-corrected chi connectivity index (χ2v) is 5.49. The minimum atomic E-state index is -4.78. The number of halogens is 3. The van der Waals surface area contributed by atoms with E-state index in [2.05, 4.69) is 4.74 Å². The van der Waals surface area contributed by atoms with Gasteiger partial charge in [-0.05, 0) is 42.8 Å². The Bertz CT molecular complexity index is 899. The molecular weight excluding hydrogens is 335 g/mol. The van der Waals surface area contributed by atoms with Gasteiger partial charge in [0.25, 0.3) is 0 Å². The van der Waals surface area contributed by atoms with Crippen LogP contribution in [0.2, 0.25) is 0 Å². The largest absolute Gasteiger partial charge is 0.573 e. The average Bonchev–Trinajstić information content (AvgIpc) is 2.82. The third kappa shape index (κ3) is 3.55. The summed E-state index contributed by atoms with van der Waals surface area (Å²) < 4.78 is 42.0. The van der Waals surface area contributed by atoms with Gasteiger partial charge in [-0.25, -0.2) is 0 Å². The van der Waals surface area contributed by atoms with Gasteiger partial charge >= 0.3 is 6.36 Å². The van der Waals surface area contributed by atoms with Gasteiger partial charge in [0.2, 0.25) is 5.88 Å². The number of aromatic hydroxyl groups is 2. The van der Waals surface area contributed by atoms with Gasteiger partial charge in [0.15, 0.2) is 5.75 Å². The number of alkyl halides is 3. The zero-order chi connectivity index (χ0) is 18.2. The first-order valence-corrected chi connectivity index (χ1v) is 7.31. The molecule has 0 spiro atoms.